The normalized spacial score (nSPS) is 13.1. The first-order valence-corrected chi connectivity index (χ1v) is 7.57. The van der Waals surface area contributed by atoms with Gasteiger partial charge in [0.1, 0.15) is 0 Å². The van der Waals surface area contributed by atoms with Crippen molar-refractivity contribution in [1.29, 1.82) is 0 Å². The Morgan fingerprint density at radius 3 is 2.12 bits per heavy atom. The Bertz CT molecular complexity index is 292. The van der Waals surface area contributed by atoms with E-state index in [4.69, 9.17) is 0 Å². The van der Waals surface area contributed by atoms with Crippen molar-refractivity contribution in [2.45, 2.75) is 39.8 Å². The number of alkyl halides is 1. The second-order valence-corrected chi connectivity index (χ2v) is 5.44. The fourth-order valence-electron chi connectivity index (χ4n) is 1.61. The van der Waals surface area contributed by atoms with Crippen LogP contribution in [0.4, 0.5) is 0 Å². The molecule has 16 heavy (non-hydrogen) atoms. The molecule has 0 bridgehead atoms. The molecule has 1 aromatic rings. The molecule has 1 atom stereocenters. The summed E-state index contributed by atoms with van der Waals surface area (Å²) >= 11 is 2.46. The van der Waals surface area contributed by atoms with Crippen LogP contribution >= 0.6 is 22.6 Å². The largest absolute Gasteiger partial charge is 0.309 e. The minimum Gasteiger partial charge on any atom is -0.309 e. The molecule has 0 aliphatic carbocycles. The minimum atomic E-state index is 0.617. The third kappa shape index (κ3) is 4.42. The molecule has 0 heterocycles. The molecule has 0 aliphatic heterocycles. The van der Waals surface area contributed by atoms with Crippen LogP contribution in [0.1, 0.15) is 31.9 Å². The zero-order valence-electron chi connectivity index (χ0n) is 10.5. The Balaban J connectivity index is 2.47. The number of nitrogens with one attached hydrogen (secondary N) is 1. The number of halogens is 1. The highest BCUT2D eigenvalue weighted by molar-refractivity contribution is 14.1. The van der Waals surface area contributed by atoms with Gasteiger partial charge in [-0.3, -0.25) is 0 Å². The van der Waals surface area contributed by atoms with E-state index in [0.29, 0.717) is 12.0 Å². The second-order valence-electron chi connectivity index (χ2n) is 4.56. The summed E-state index contributed by atoms with van der Waals surface area (Å²) in [7, 11) is 0. The molecule has 2 heteroatoms. The molecule has 1 rings (SSSR count). The average Bonchev–Trinajstić information content (AvgIpc) is 2.30. The molecule has 0 saturated carbocycles. The third-order valence-corrected chi connectivity index (χ3v) is 3.92. The lowest BCUT2D eigenvalue weighted by molar-refractivity contribution is 0.436. The SMILES string of the molecule is CCc1ccc(CNC(CI)C(C)C)cc1. The molecule has 1 aromatic carbocycles. The van der Waals surface area contributed by atoms with E-state index in [1.165, 1.54) is 15.6 Å². The van der Waals surface area contributed by atoms with Gasteiger partial charge in [-0.05, 0) is 23.5 Å². The maximum Gasteiger partial charge on any atom is 0.0208 e. The van der Waals surface area contributed by atoms with E-state index in [1.54, 1.807) is 0 Å². The molecule has 1 N–H and O–H groups in total. The van der Waals surface area contributed by atoms with Gasteiger partial charge in [0.15, 0.2) is 0 Å². The highest BCUT2D eigenvalue weighted by Gasteiger charge is 2.10. The van der Waals surface area contributed by atoms with Gasteiger partial charge in [-0.15, -0.1) is 0 Å². The van der Waals surface area contributed by atoms with Crippen molar-refractivity contribution in [1.82, 2.24) is 5.32 Å². The maximum absolute atomic E-state index is 3.62. The quantitative estimate of drug-likeness (QED) is 0.618. The molecule has 1 unspecified atom stereocenters. The third-order valence-electron chi connectivity index (χ3n) is 2.97. The van der Waals surface area contributed by atoms with Crippen molar-refractivity contribution < 1.29 is 0 Å². The Morgan fingerprint density at radius 1 is 1.12 bits per heavy atom. The maximum atomic E-state index is 3.62. The Labute approximate surface area is 113 Å². The second kappa shape index (κ2) is 7.28. The monoisotopic (exact) mass is 331 g/mol. The molecule has 0 saturated heterocycles. The van der Waals surface area contributed by atoms with Crippen LogP contribution in [0.5, 0.6) is 0 Å². The van der Waals surface area contributed by atoms with E-state index >= 15 is 0 Å². The molecular weight excluding hydrogens is 309 g/mol. The fraction of sp³-hybridized carbons (Fsp3) is 0.571. The van der Waals surface area contributed by atoms with E-state index in [1.807, 2.05) is 0 Å². The van der Waals surface area contributed by atoms with Gasteiger partial charge in [0, 0.05) is 17.0 Å². The zero-order valence-corrected chi connectivity index (χ0v) is 12.6. The number of aryl methyl sites for hydroxylation is 1. The first-order valence-electron chi connectivity index (χ1n) is 6.04. The summed E-state index contributed by atoms with van der Waals surface area (Å²) in [5, 5.41) is 3.62. The van der Waals surface area contributed by atoms with Crippen LogP contribution in [0, 0.1) is 5.92 Å². The molecule has 0 spiro atoms. The molecule has 0 fully saturated rings. The predicted octanol–water partition coefficient (Wildman–Crippen LogP) is 3.80. The number of hydrogen-bond acceptors (Lipinski definition) is 1. The van der Waals surface area contributed by atoms with Crippen molar-refractivity contribution in [2.24, 2.45) is 5.92 Å². The lowest BCUT2D eigenvalue weighted by Crippen LogP contribution is -2.34. The number of rotatable bonds is 6. The van der Waals surface area contributed by atoms with E-state index in [9.17, 15) is 0 Å². The van der Waals surface area contributed by atoms with Gasteiger partial charge in [-0.25, -0.2) is 0 Å². The van der Waals surface area contributed by atoms with E-state index in [2.05, 4.69) is 72.9 Å². The van der Waals surface area contributed by atoms with Crippen molar-refractivity contribution in [2.75, 3.05) is 4.43 Å². The summed E-state index contributed by atoms with van der Waals surface area (Å²) in [6, 6.07) is 9.54. The van der Waals surface area contributed by atoms with Gasteiger partial charge in [0.25, 0.3) is 0 Å². The highest BCUT2D eigenvalue weighted by Crippen LogP contribution is 2.08. The number of benzene rings is 1. The van der Waals surface area contributed by atoms with Gasteiger partial charge < -0.3 is 5.32 Å². The van der Waals surface area contributed by atoms with E-state index < -0.39 is 0 Å². The Kier molecular flexibility index (Phi) is 6.36. The molecule has 90 valence electrons. The van der Waals surface area contributed by atoms with Crippen LogP contribution in [0.25, 0.3) is 0 Å². The lowest BCUT2D eigenvalue weighted by Gasteiger charge is -2.20. The molecule has 0 amide bonds. The minimum absolute atomic E-state index is 0.617. The molecule has 0 aromatic heterocycles. The first kappa shape index (κ1) is 14.0. The van der Waals surface area contributed by atoms with Gasteiger partial charge in [0.05, 0.1) is 0 Å². The summed E-state index contributed by atoms with van der Waals surface area (Å²) in [4.78, 5) is 0. The van der Waals surface area contributed by atoms with E-state index in [-0.39, 0.29) is 0 Å². The summed E-state index contributed by atoms with van der Waals surface area (Å²) in [5.74, 6) is 0.701. The molecular formula is C14H22IN. The standard InChI is InChI=1S/C14H22IN/c1-4-12-5-7-13(8-6-12)10-16-14(9-15)11(2)3/h5-8,11,14,16H,4,9-10H2,1-3H3. The summed E-state index contributed by atoms with van der Waals surface area (Å²) in [5.41, 5.74) is 2.80. The van der Waals surface area contributed by atoms with Crippen LogP contribution in [0.15, 0.2) is 24.3 Å². The lowest BCUT2D eigenvalue weighted by atomic mass is 10.1. The Hall–Kier alpha value is -0.0900. The predicted molar refractivity (Wildman–Crippen MR) is 80.2 cm³/mol. The molecule has 0 radical (unpaired) electrons. The fourth-order valence-corrected chi connectivity index (χ4v) is 2.94. The highest BCUT2D eigenvalue weighted by atomic mass is 127. The average molecular weight is 331 g/mol. The summed E-state index contributed by atoms with van der Waals surface area (Å²) < 4.78 is 1.17. The van der Waals surface area contributed by atoms with Gasteiger partial charge in [0.2, 0.25) is 0 Å². The number of hydrogen-bond donors (Lipinski definition) is 1. The van der Waals surface area contributed by atoms with Gasteiger partial charge >= 0.3 is 0 Å². The van der Waals surface area contributed by atoms with Crippen LogP contribution in [0.3, 0.4) is 0 Å². The molecule has 1 nitrogen and oxygen atoms in total. The van der Waals surface area contributed by atoms with Crippen molar-refractivity contribution in [3.63, 3.8) is 0 Å². The van der Waals surface area contributed by atoms with Crippen LogP contribution in [0.2, 0.25) is 0 Å². The Morgan fingerprint density at radius 2 is 1.69 bits per heavy atom. The smallest absolute Gasteiger partial charge is 0.0208 e. The summed E-state index contributed by atoms with van der Waals surface area (Å²) in [6.45, 7) is 7.72. The van der Waals surface area contributed by atoms with Crippen molar-refractivity contribution in [3.8, 4) is 0 Å². The van der Waals surface area contributed by atoms with Gasteiger partial charge in [-0.2, -0.15) is 0 Å². The zero-order chi connectivity index (χ0) is 12.0. The topological polar surface area (TPSA) is 12.0 Å². The van der Waals surface area contributed by atoms with Crippen LogP contribution < -0.4 is 5.32 Å². The summed E-state index contributed by atoms with van der Waals surface area (Å²) in [6.07, 6.45) is 1.12. The van der Waals surface area contributed by atoms with E-state index in [0.717, 1.165) is 13.0 Å². The molecule has 0 aliphatic rings. The van der Waals surface area contributed by atoms with Crippen LogP contribution in [-0.2, 0) is 13.0 Å². The van der Waals surface area contributed by atoms with Gasteiger partial charge in [-0.1, -0.05) is 67.6 Å². The van der Waals surface area contributed by atoms with Crippen molar-refractivity contribution in [3.05, 3.63) is 35.4 Å². The van der Waals surface area contributed by atoms with Crippen LogP contribution in [-0.4, -0.2) is 10.5 Å². The first-order chi connectivity index (χ1) is 7.67. The van der Waals surface area contributed by atoms with Crippen molar-refractivity contribution >= 4 is 22.6 Å².